The van der Waals surface area contributed by atoms with Crippen LogP contribution in [-0.4, -0.2) is 46.8 Å². The van der Waals surface area contributed by atoms with Crippen LogP contribution in [-0.2, 0) is 16.0 Å². The van der Waals surface area contributed by atoms with Crippen molar-refractivity contribution in [3.63, 3.8) is 0 Å². The Bertz CT molecular complexity index is 602. The van der Waals surface area contributed by atoms with Crippen molar-refractivity contribution in [1.82, 2.24) is 8.96 Å². The van der Waals surface area contributed by atoms with Crippen LogP contribution in [0.3, 0.4) is 0 Å². The number of aryl methyl sites for hydroxylation is 1. The number of carbonyl (C=O) groups is 1. The predicted octanol–water partition coefficient (Wildman–Crippen LogP) is 0.938. The van der Waals surface area contributed by atoms with Crippen LogP contribution in [0, 0.1) is 5.92 Å². The average Bonchev–Trinajstić information content (AvgIpc) is 2.60. The molecule has 0 aromatic carbocycles. The summed E-state index contributed by atoms with van der Waals surface area (Å²) in [5.74, 6) is -0.230. The van der Waals surface area contributed by atoms with Gasteiger partial charge >= 0.3 is 11.5 Å². The van der Waals surface area contributed by atoms with Crippen LogP contribution >= 0.6 is 12.3 Å². The molecule has 1 saturated heterocycles. The van der Waals surface area contributed by atoms with Gasteiger partial charge in [0.25, 0.3) is 0 Å². The van der Waals surface area contributed by atoms with Gasteiger partial charge in [-0.05, 0) is 25.7 Å². The first-order chi connectivity index (χ1) is 11.1. The maximum absolute atomic E-state index is 13.0. The van der Waals surface area contributed by atoms with Crippen molar-refractivity contribution < 1.29 is 18.5 Å². The number of hydrogen-bond donors (Lipinski definition) is 1. The maximum Gasteiger partial charge on any atom is 0.308 e. The molecule has 0 radical (unpaired) electrons. The number of anilines is 1. The van der Waals surface area contributed by atoms with Gasteiger partial charge in [0, 0.05) is 25.9 Å². The first-order valence-corrected chi connectivity index (χ1v) is 8.13. The number of rotatable bonds is 6. The second-order valence-electron chi connectivity index (χ2n) is 5.37. The molecule has 1 aromatic rings. The number of hydrogen-bond acceptors (Lipinski definition) is 7. The Labute approximate surface area is 137 Å². The molecule has 0 spiro atoms. The SMILES string of the molecule is COC(=O)C1CCN(c2nc(CCCO)cn(SF)c2=O)CC1. The van der Waals surface area contributed by atoms with Gasteiger partial charge in [-0.15, -0.1) is 3.89 Å². The first kappa shape index (κ1) is 17.7. The van der Waals surface area contributed by atoms with Gasteiger partial charge in [0.2, 0.25) is 0 Å². The number of nitrogens with zero attached hydrogens (tertiary/aromatic N) is 3. The zero-order chi connectivity index (χ0) is 16.8. The summed E-state index contributed by atoms with van der Waals surface area (Å²) in [6, 6.07) is 0. The van der Waals surface area contributed by atoms with E-state index in [4.69, 9.17) is 9.84 Å². The molecule has 23 heavy (non-hydrogen) atoms. The number of esters is 1. The Morgan fingerprint density at radius 3 is 2.78 bits per heavy atom. The topological polar surface area (TPSA) is 84.7 Å². The smallest absolute Gasteiger partial charge is 0.308 e. The summed E-state index contributed by atoms with van der Waals surface area (Å²) >= 11 is -0.169. The van der Waals surface area contributed by atoms with Crippen LogP contribution in [0.4, 0.5) is 9.70 Å². The van der Waals surface area contributed by atoms with Crippen molar-refractivity contribution in [2.75, 3.05) is 31.7 Å². The summed E-state index contributed by atoms with van der Waals surface area (Å²) in [5.41, 5.74) is 0.0376. The Balaban J connectivity index is 2.18. The Hall–Kier alpha value is -1.61. The van der Waals surface area contributed by atoms with E-state index < -0.39 is 5.56 Å². The Kier molecular flexibility index (Phi) is 6.40. The quantitative estimate of drug-likeness (QED) is 0.768. The lowest BCUT2D eigenvalue weighted by molar-refractivity contribution is -0.146. The molecule has 1 aromatic heterocycles. The molecule has 1 fully saturated rings. The molecule has 0 amide bonds. The van der Waals surface area contributed by atoms with Gasteiger partial charge in [-0.1, -0.05) is 0 Å². The zero-order valence-electron chi connectivity index (χ0n) is 12.9. The highest BCUT2D eigenvalue weighted by molar-refractivity contribution is 7.92. The molecule has 0 atom stereocenters. The van der Waals surface area contributed by atoms with E-state index in [1.807, 2.05) is 0 Å². The molecule has 0 unspecified atom stereocenters. The van der Waals surface area contributed by atoms with Gasteiger partial charge in [-0.25, -0.2) is 8.96 Å². The fraction of sp³-hybridized carbons (Fsp3) is 0.643. The van der Waals surface area contributed by atoms with Gasteiger partial charge in [-0.2, -0.15) is 0 Å². The van der Waals surface area contributed by atoms with Crippen molar-refractivity contribution in [3.05, 3.63) is 22.2 Å². The second kappa shape index (κ2) is 8.30. The number of piperidine rings is 1. The minimum Gasteiger partial charge on any atom is -0.469 e. The molecule has 2 heterocycles. The maximum atomic E-state index is 13.0. The van der Waals surface area contributed by atoms with Gasteiger partial charge < -0.3 is 14.7 Å². The summed E-state index contributed by atoms with van der Waals surface area (Å²) in [6.07, 6.45) is 3.44. The minimum absolute atomic E-state index is 0.00340. The van der Waals surface area contributed by atoms with E-state index in [1.165, 1.54) is 13.3 Å². The van der Waals surface area contributed by atoms with E-state index in [-0.39, 0.29) is 36.6 Å². The van der Waals surface area contributed by atoms with E-state index in [0.717, 1.165) is 3.97 Å². The number of halogens is 1. The summed E-state index contributed by atoms with van der Waals surface area (Å²) in [4.78, 5) is 29.9. The second-order valence-corrected chi connectivity index (χ2v) is 5.90. The summed E-state index contributed by atoms with van der Waals surface area (Å²) in [6.45, 7) is 0.980. The third kappa shape index (κ3) is 4.23. The molecule has 128 valence electrons. The van der Waals surface area contributed by atoms with Crippen molar-refractivity contribution in [2.24, 2.45) is 5.92 Å². The molecule has 9 heteroatoms. The number of aliphatic hydroxyl groups excluding tert-OH is 1. The van der Waals surface area contributed by atoms with Crippen LogP contribution in [0.15, 0.2) is 11.0 Å². The monoisotopic (exact) mass is 345 g/mol. The van der Waals surface area contributed by atoms with E-state index in [2.05, 4.69) is 4.98 Å². The third-order valence-electron chi connectivity index (χ3n) is 3.90. The summed E-state index contributed by atoms with van der Waals surface area (Å²) < 4.78 is 18.6. The number of methoxy groups -OCH3 is 1. The number of aromatic nitrogens is 2. The van der Waals surface area contributed by atoms with Crippen LogP contribution in [0.1, 0.15) is 25.0 Å². The molecule has 1 N–H and O–H groups in total. The fourth-order valence-electron chi connectivity index (χ4n) is 2.64. The first-order valence-electron chi connectivity index (χ1n) is 7.46. The van der Waals surface area contributed by atoms with E-state index in [0.29, 0.717) is 44.5 Å². The Morgan fingerprint density at radius 2 is 2.22 bits per heavy atom. The molecule has 1 aliphatic rings. The Morgan fingerprint density at radius 1 is 1.52 bits per heavy atom. The predicted molar refractivity (Wildman–Crippen MR) is 85.0 cm³/mol. The number of aliphatic hydroxyl groups is 1. The van der Waals surface area contributed by atoms with Gasteiger partial charge in [0.1, 0.15) is 0 Å². The van der Waals surface area contributed by atoms with Crippen molar-refractivity contribution in [1.29, 1.82) is 0 Å². The average molecular weight is 345 g/mol. The van der Waals surface area contributed by atoms with E-state index in [9.17, 15) is 13.5 Å². The molecule has 0 bridgehead atoms. The lowest BCUT2D eigenvalue weighted by Gasteiger charge is -2.31. The number of ether oxygens (including phenoxy) is 1. The summed E-state index contributed by atoms with van der Waals surface area (Å²) in [5, 5.41) is 8.90. The van der Waals surface area contributed by atoms with Crippen molar-refractivity contribution in [3.8, 4) is 0 Å². The normalized spacial score (nSPS) is 15.7. The molecular formula is C14H20FN3O4S. The van der Waals surface area contributed by atoms with Crippen LogP contribution in [0.25, 0.3) is 0 Å². The van der Waals surface area contributed by atoms with E-state index >= 15 is 0 Å². The molecule has 1 aliphatic heterocycles. The van der Waals surface area contributed by atoms with Crippen molar-refractivity contribution in [2.45, 2.75) is 25.7 Å². The number of carbonyl (C=O) groups excluding carboxylic acids is 1. The summed E-state index contributed by atoms with van der Waals surface area (Å²) in [7, 11) is 1.36. The highest BCUT2D eigenvalue weighted by atomic mass is 32.2. The highest BCUT2D eigenvalue weighted by Crippen LogP contribution is 2.22. The van der Waals surface area contributed by atoms with Crippen LogP contribution in [0.2, 0.25) is 0 Å². The van der Waals surface area contributed by atoms with Crippen LogP contribution < -0.4 is 10.5 Å². The third-order valence-corrected chi connectivity index (χ3v) is 4.32. The lowest BCUT2D eigenvalue weighted by atomic mass is 9.97. The molecular weight excluding hydrogens is 325 g/mol. The van der Waals surface area contributed by atoms with Gasteiger partial charge in [-0.3, -0.25) is 9.59 Å². The van der Waals surface area contributed by atoms with Crippen LogP contribution in [0.5, 0.6) is 0 Å². The molecule has 2 rings (SSSR count). The van der Waals surface area contributed by atoms with E-state index in [1.54, 1.807) is 4.90 Å². The lowest BCUT2D eigenvalue weighted by Crippen LogP contribution is -2.40. The van der Waals surface area contributed by atoms with Crippen molar-refractivity contribution >= 4 is 24.1 Å². The highest BCUT2D eigenvalue weighted by Gasteiger charge is 2.28. The fourth-order valence-corrected chi connectivity index (χ4v) is 2.94. The minimum atomic E-state index is -0.512. The standard InChI is InChI=1S/C14H20FN3O4S/c1-22-14(21)10-4-6-17(7-5-10)12-13(20)18(23-15)9-11(16-12)3-2-8-19/h9-10,19H,2-8H2,1H3. The zero-order valence-corrected chi connectivity index (χ0v) is 13.7. The molecule has 0 saturated carbocycles. The van der Waals surface area contributed by atoms with Gasteiger partial charge in [0.15, 0.2) is 18.2 Å². The van der Waals surface area contributed by atoms with Gasteiger partial charge in [0.05, 0.1) is 18.7 Å². The molecule has 7 nitrogen and oxygen atoms in total. The molecule has 0 aliphatic carbocycles. The largest absolute Gasteiger partial charge is 0.469 e.